The smallest absolute Gasteiger partial charge is 0.385 e. The Labute approximate surface area is 185 Å². The molecule has 0 aliphatic carbocycles. The molecule has 0 radical (unpaired) electrons. The van der Waals surface area contributed by atoms with Gasteiger partial charge in [0.2, 0.25) is 15.9 Å². The van der Waals surface area contributed by atoms with Crippen molar-refractivity contribution in [2.24, 2.45) is 5.14 Å². The predicted molar refractivity (Wildman–Crippen MR) is 116 cm³/mol. The van der Waals surface area contributed by atoms with Crippen molar-refractivity contribution >= 4 is 26.3 Å². The van der Waals surface area contributed by atoms with Gasteiger partial charge in [0.15, 0.2) is 5.76 Å². The number of rotatable bonds is 8. The Hall–Kier alpha value is -3.06. The second kappa shape index (κ2) is 9.20. The van der Waals surface area contributed by atoms with Crippen LogP contribution < -0.4 is 9.86 Å². The van der Waals surface area contributed by atoms with Crippen LogP contribution in [-0.4, -0.2) is 27.8 Å². The van der Waals surface area contributed by atoms with Gasteiger partial charge in [0.05, 0.1) is 4.90 Å². The molecule has 0 amide bonds. The normalized spacial score (nSPS) is 13.0. The van der Waals surface area contributed by atoms with E-state index in [4.69, 9.17) is 9.56 Å². The standard InChI is InChI=1S/C20H21N3O7S2/c1-3-16(23-32(27,28)30-13(2)24)20-22-18(14-9-5-4-6-10-14)19(29-20)15-11-7-8-12-17(15)31(21,25)26/h4-12,16,23H,3H2,1-2H3,(H2,21,25,26). The lowest BCUT2D eigenvalue weighted by Gasteiger charge is -2.12. The Morgan fingerprint density at radius 2 is 1.72 bits per heavy atom. The number of aromatic nitrogens is 1. The fourth-order valence-corrected chi connectivity index (χ4v) is 4.73. The number of benzene rings is 2. The number of oxazole rings is 1. The summed E-state index contributed by atoms with van der Waals surface area (Å²) in [5, 5.41) is 5.38. The van der Waals surface area contributed by atoms with Gasteiger partial charge < -0.3 is 8.60 Å². The summed E-state index contributed by atoms with van der Waals surface area (Å²) in [6, 6.07) is 13.8. The van der Waals surface area contributed by atoms with Crippen LogP contribution in [0.5, 0.6) is 0 Å². The molecule has 1 heterocycles. The highest BCUT2D eigenvalue weighted by atomic mass is 32.2. The summed E-state index contributed by atoms with van der Waals surface area (Å²) in [5.41, 5.74) is 1.08. The van der Waals surface area contributed by atoms with Crippen LogP contribution in [0.2, 0.25) is 0 Å². The number of hydrogen-bond acceptors (Lipinski definition) is 8. The van der Waals surface area contributed by atoms with Crippen molar-refractivity contribution < 1.29 is 30.2 Å². The van der Waals surface area contributed by atoms with Crippen LogP contribution in [0.3, 0.4) is 0 Å². The molecular weight excluding hydrogens is 458 g/mol. The Morgan fingerprint density at radius 3 is 2.31 bits per heavy atom. The lowest BCUT2D eigenvalue weighted by Crippen LogP contribution is -2.31. The van der Waals surface area contributed by atoms with Gasteiger partial charge in [-0.15, -0.1) is 0 Å². The third kappa shape index (κ3) is 5.40. The van der Waals surface area contributed by atoms with E-state index in [1.165, 1.54) is 18.2 Å². The van der Waals surface area contributed by atoms with E-state index in [2.05, 4.69) is 13.9 Å². The molecule has 10 nitrogen and oxygen atoms in total. The second-order valence-corrected chi connectivity index (χ2v) is 9.59. The average molecular weight is 480 g/mol. The Balaban J connectivity index is 2.18. The third-order valence-corrected chi connectivity index (χ3v) is 6.35. The Kier molecular flexibility index (Phi) is 6.79. The highest BCUT2D eigenvalue weighted by Gasteiger charge is 2.29. The predicted octanol–water partition coefficient (Wildman–Crippen LogP) is 2.50. The number of carbonyl (C=O) groups is 1. The first-order chi connectivity index (χ1) is 15.0. The highest BCUT2D eigenvalue weighted by Crippen LogP contribution is 2.37. The van der Waals surface area contributed by atoms with Gasteiger partial charge >= 0.3 is 16.3 Å². The summed E-state index contributed by atoms with van der Waals surface area (Å²) in [6.45, 7) is 2.63. The van der Waals surface area contributed by atoms with Crippen LogP contribution in [0.15, 0.2) is 63.9 Å². The molecule has 0 saturated heterocycles. The van der Waals surface area contributed by atoms with E-state index in [-0.39, 0.29) is 28.5 Å². The first kappa shape index (κ1) is 23.6. The van der Waals surface area contributed by atoms with Gasteiger partial charge in [0.1, 0.15) is 11.7 Å². The minimum atomic E-state index is -4.42. The van der Waals surface area contributed by atoms with E-state index >= 15 is 0 Å². The van der Waals surface area contributed by atoms with Gasteiger partial charge in [-0.1, -0.05) is 49.4 Å². The van der Waals surface area contributed by atoms with Crippen LogP contribution in [0.25, 0.3) is 22.6 Å². The quantitative estimate of drug-likeness (QED) is 0.498. The molecule has 1 aromatic heterocycles. The molecule has 0 fully saturated rings. The van der Waals surface area contributed by atoms with Crippen molar-refractivity contribution in [3.63, 3.8) is 0 Å². The number of nitrogens with zero attached hydrogens (tertiary/aromatic N) is 1. The van der Waals surface area contributed by atoms with Crippen LogP contribution in [0.1, 0.15) is 32.2 Å². The lowest BCUT2D eigenvalue weighted by molar-refractivity contribution is -0.131. The van der Waals surface area contributed by atoms with Gasteiger partial charge in [0, 0.05) is 18.1 Å². The van der Waals surface area contributed by atoms with Gasteiger partial charge in [0.25, 0.3) is 0 Å². The molecule has 0 aliphatic heterocycles. The lowest BCUT2D eigenvalue weighted by atomic mass is 10.1. The van der Waals surface area contributed by atoms with Crippen molar-refractivity contribution in [1.82, 2.24) is 9.71 Å². The molecule has 3 aromatic rings. The summed E-state index contributed by atoms with van der Waals surface area (Å²) in [4.78, 5) is 15.3. The summed E-state index contributed by atoms with van der Waals surface area (Å²) in [6.07, 6.45) is 0.200. The first-order valence-electron chi connectivity index (χ1n) is 9.42. The molecule has 12 heteroatoms. The minimum absolute atomic E-state index is 0.0405. The van der Waals surface area contributed by atoms with Crippen LogP contribution in [0.4, 0.5) is 0 Å². The fourth-order valence-electron chi connectivity index (χ4n) is 3.02. The van der Waals surface area contributed by atoms with Crippen molar-refractivity contribution in [3.8, 4) is 22.6 Å². The summed E-state index contributed by atoms with van der Waals surface area (Å²) < 4.78 is 60.9. The largest absolute Gasteiger partial charge is 0.438 e. The van der Waals surface area contributed by atoms with Crippen molar-refractivity contribution in [2.45, 2.75) is 31.2 Å². The van der Waals surface area contributed by atoms with Crippen LogP contribution >= 0.6 is 0 Å². The molecule has 1 unspecified atom stereocenters. The molecule has 170 valence electrons. The number of nitrogens with one attached hydrogen (secondary N) is 1. The van der Waals surface area contributed by atoms with Gasteiger partial charge in [-0.2, -0.15) is 13.1 Å². The zero-order chi connectivity index (χ0) is 23.5. The molecule has 3 rings (SSSR count). The SMILES string of the molecule is CCC(NS(=O)(=O)OC(C)=O)c1nc(-c2ccccc2)c(-c2ccccc2S(N)(=O)=O)o1. The molecule has 0 saturated carbocycles. The maximum Gasteiger partial charge on any atom is 0.385 e. The van der Waals surface area contributed by atoms with Crippen LogP contribution in [0, 0.1) is 0 Å². The van der Waals surface area contributed by atoms with Gasteiger partial charge in [-0.3, -0.25) is 4.79 Å². The van der Waals surface area contributed by atoms with E-state index in [9.17, 15) is 21.6 Å². The number of carbonyl (C=O) groups excluding carboxylic acids is 1. The van der Waals surface area contributed by atoms with E-state index in [1.807, 2.05) is 0 Å². The summed E-state index contributed by atoms with van der Waals surface area (Å²) in [7, 11) is -8.52. The first-order valence-corrected chi connectivity index (χ1v) is 12.4. The average Bonchev–Trinajstić information content (AvgIpc) is 3.16. The van der Waals surface area contributed by atoms with E-state index < -0.39 is 32.3 Å². The fraction of sp³-hybridized carbons (Fsp3) is 0.200. The summed E-state index contributed by atoms with van der Waals surface area (Å²) >= 11 is 0. The van der Waals surface area contributed by atoms with Gasteiger partial charge in [-0.05, 0) is 18.6 Å². The van der Waals surface area contributed by atoms with Crippen molar-refractivity contribution in [1.29, 1.82) is 0 Å². The Bertz CT molecular complexity index is 1330. The van der Waals surface area contributed by atoms with E-state index in [1.54, 1.807) is 43.3 Å². The van der Waals surface area contributed by atoms with Crippen molar-refractivity contribution in [2.75, 3.05) is 0 Å². The molecular formula is C20H21N3O7S2. The molecule has 32 heavy (non-hydrogen) atoms. The zero-order valence-electron chi connectivity index (χ0n) is 17.2. The second-order valence-electron chi connectivity index (χ2n) is 6.74. The molecule has 3 N–H and O–H groups in total. The van der Waals surface area contributed by atoms with E-state index in [0.29, 0.717) is 11.3 Å². The Morgan fingerprint density at radius 1 is 1.09 bits per heavy atom. The van der Waals surface area contributed by atoms with E-state index in [0.717, 1.165) is 6.92 Å². The number of nitrogens with two attached hydrogens (primary N) is 1. The molecule has 0 aliphatic rings. The van der Waals surface area contributed by atoms with Crippen LogP contribution in [-0.2, 0) is 29.3 Å². The number of primary sulfonamides is 1. The number of sulfonamides is 1. The maximum atomic E-state index is 12.1. The third-order valence-electron chi connectivity index (χ3n) is 4.35. The highest BCUT2D eigenvalue weighted by molar-refractivity contribution is 7.89. The maximum absolute atomic E-state index is 12.1. The molecule has 0 bridgehead atoms. The minimum Gasteiger partial charge on any atom is -0.438 e. The topological polar surface area (TPSA) is 159 Å². The van der Waals surface area contributed by atoms with Crippen molar-refractivity contribution in [3.05, 3.63) is 60.5 Å². The van der Waals surface area contributed by atoms with Gasteiger partial charge in [-0.25, -0.2) is 18.5 Å². The molecule has 2 aromatic carbocycles. The number of hydrogen-bond donors (Lipinski definition) is 2. The molecule has 1 atom stereocenters. The summed E-state index contributed by atoms with van der Waals surface area (Å²) in [5.74, 6) is -0.949. The molecule has 0 spiro atoms. The zero-order valence-corrected chi connectivity index (χ0v) is 18.8. The monoisotopic (exact) mass is 479 g/mol.